The molecule has 22 heavy (non-hydrogen) atoms. The summed E-state index contributed by atoms with van der Waals surface area (Å²) in [6.45, 7) is 3.81. The number of pyridine rings is 1. The van der Waals surface area contributed by atoms with E-state index in [1.54, 1.807) is 19.5 Å². The summed E-state index contributed by atoms with van der Waals surface area (Å²) in [4.78, 5) is 17.1. The van der Waals surface area contributed by atoms with Crippen LogP contribution in [0.15, 0.2) is 30.6 Å². The number of nitrogens with zero attached hydrogens (tertiary/aromatic N) is 1. The Hall–Kier alpha value is -1.79. The van der Waals surface area contributed by atoms with Crippen molar-refractivity contribution in [2.24, 2.45) is 0 Å². The highest BCUT2D eigenvalue weighted by atomic mass is 35.5. The van der Waals surface area contributed by atoms with Gasteiger partial charge in [0.1, 0.15) is 5.75 Å². The molecule has 7 heteroatoms. The average molecular weight is 340 g/mol. The van der Waals surface area contributed by atoms with Crippen LogP contribution in [0.2, 0.25) is 4.34 Å². The van der Waals surface area contributed by atoms with E-state index < -0.39 is 0 Å². The van der Waals surface area contributed by atoms with E-state index in [0.29, 0.717) is 10.1 Å². The van der Waals surface area contributed by atoms with Crippen LogP contribution >= 0.6 is 22.9 Å². The zero-order valence-electron chi connectivity index (χ0n) is 12.6. The molecule has 0 bridgehead atoms. The first-order valence-corrected chi connectivity index (χ1v) is 8.01. The molecule has 0 radical (unpaired) electrons. The molecular weight excluding hydrogens is 322 g/mol. The number of carbonyl (C=O) groups excluding carboxylic acids is 1. The van der Waals surface area contributed by atoms with E-state index in [9.17, 15) is 4.79 Å². The molecule has 0 saturated heterocycles. The lowest BCUT2D eigenvalue weighted by Crippen LogP contribution is -2.38. The number of halogens is 1. The van der Waals surface area contributed by atoms with Crippen molar-refractivity contribution in [3.05, 3.63) is 45.4 Å². The van der Waals surface area contributed by atoms with Gasteiger partial charge in [-0.25, -0.2) is 4.79 Å². The van der Waals surface area contributed by atoms with Crippen molar-refractivity contribution < 1.29 is 9.53 Å². The van der Waals surface area contributed by atoms with Crippen LogP contribution in [-0.4, -0.2) is 18.1 Å². The number of nitrogens with one attached hydrogen (secondary N) is 2. The van der Waals surface area contributed by atoms with Crippen LogP contribution in [0, 0.1) is 0 Å². The first-order valence-electron chi connectivity index (χ1n) is 6.81. The Balaban J connectivity index is 1.96. The summed E-state index contributed by atoms with van der Waals surface area (Å²) in [5, 5.41) is 5.79. The third kappa shape index (κ3) is 4.11. The largest absolute Gasteiger partial charge is 0.495 e. The monoisotopic (exact) mass is 339 g/mol. The second-order valence-electron chi connectivity index (χ2n) is 4.82. The van der Waals surface area contributed by atoms with Gasteiger partial charge in [-0.3, -0.25) is 4.98 Å². The molecule has 2 amide bonds. The molecule has 0 aliphatic rings. The van der Waals surface area contributed by atoms with Crippen LogP contribution in [-0.2, 0) is 0 Å². The van der Waals surface area contributed by atoms with Gasteiger partial charge in [0.25, 0.3) is 0 Å². The Bertz CT molecular complexity index is 647. The van der Waals surface area contributed by atoms with Gasteiger partial charge in [-0.05, 0) is 32.0 Å². The van der Waals surface area contributed by atoms with Crippen LogP contribution < -0.4 is 15.4 Å². The first kappa shape index (κ1) is 16.6. The van der Waals surface area contributed by atoms with Crippen LogP contribution in [0.25, 0.3) is 0 Å². The fourth-order valence-electron chi connectivity index (χ4n) is 2.06. The van der Waals surface area contributed by atoms with E-state index in [0.717, 1.165) is 10.4 Å². The van der Waals surface area contributed by atoms with Crippen molar-refractivity contribution >= 4 is 29.0 Å². The van der Waals surface area contributed by atoms with Gasteiger partial charge in [0, 0.05) is 16.6 Å². The van der Waals surface area contributed by atoms with Gasteiger partial charge in [-0.1, -0.05) is 11.6 Å². The number of hydrogen-bond donors (Lipinski definition) is 2. The maximum Gasteiger partial charge on any atom is 0.315 e. The van der Waals surface area contributed by atoms with Crippen molar-refractivity contribution in [1.82, 2.24) is 15.6 Å². The minimum absolute atomic E-state index is 0.107. The van der Waals surface area contributed by atoms with E-state index in [1.165, 1.54) is 11.3 Å². The number of amides is 2. The highest BCUT2D eigenvalue weighted by Gasteiger charge is 2.16. The lowest BCUT2D eigenvalue weighted by molar-refractivity contribution is 0.235. The fraction of sp³-hybridized carbons (Fsp3) is 0.333. The van der Waals surface area contributed by atoms with E-state index in [4.69, 9.17) is 16.3 Å². The van der Waals surface area contributed by atoms with Crippen molar-refractivity contribution in [3.63, 3.8) is 0 Å². The summed E-state index contributed by atoms with van der Waals surface area (Å²) in [7, 11) is 1.58. The number of thiophene rings is 1. The van der Waals surface area contributed by atoms with Crippen molar-refractivity contribution in [2.45, 2.75) is 25.9 Å². The maximum atomic E-state index is 12.1. The van der Waals surface area contributed by atoms with E-state index in [2.05, 4.69) is 15.6 Å². The predicted molar refractivity (Wildman–Crippen MR) is 88.6 cm³/mol. The Morgan fingerprint density at radius 2 is 2.00 bits per heavy atom. The third-order valence-corrected chi connectivity index (χ3v) is 4.63. The molecule has 118 valence electrons. The van der Waals surface area contributed by atoms with Gasteiger partial charge >= 0.3 is 6.03 Å². The number of ether oxygens (including phenoxy) is 1. The SMILES string of the molecule is COc1cnccc1[C@H](C)NC(=O)N[C@@H](C)c1ccc(Cl)s1. The first-order chi connectivity index (χ1) is 10.5. The molecule has 2 aromatic rings. The topological polar surface area (TPSA) is 63.2 Å². The number of carbonyl (C=O) groups is 1. The molecule has 0 aromatic carbocycles. The van der Waals surface area contributed by atoms with Gasteiger partial charge < -0.3 is 15.4 Å². The Morgan fingerprint density at radius 1 is 1.27 bits per heavy atom. The van der Waals surface area contributed by atoms with E-state index in [1.807, 2.05) is 32.0 Å². The lowest BCUT2D eigenvalue weighted by atomic mass is 10.1. The summed E-state index contributed by atoms with van der Waals surface area (Å²) < 4.78 is 5.96. The quantitative estimate of drug-likeness (QED) is 0.867. The number of methoxy groups -OCH3 is 1. The summed E-state index contributed by atoms with van der Waals surface area (Å²) >= 11 is 7.36. The summed E-state index contributed by atoms with van der Waals surface area (Å²) in [6, 6.07) is 5.01. The predicted octanol–water partition coefficient (Wildman–Crippen LogP) is 3.93. The lowest BCUT2D eigenvalue weighted by Gasteiger charge is -2.19. The molecule has 5 nitrogen and oxygen atoms in total. The molecular formula is C15H18ClN3O2S. The second kappa shape index (κ2) is 7.47. The van der Waals surface area contributed by atoms with Crippen LogP contribution in [0.4, 0.5) is 4.79 Å². The third-order valence-electron chi connectivity index (χ3n) is 3.22. The molecule has 0 aliphatic heterocycles. The van der Waals surface area contributed by atoms with Gasteiger partial charge in [0.15, 0.2) is 0 Å². The van der Waals surface area contributed by atoms with Crippen LogP contribution in [0.3, 0.4) is 0 Å². The molecule has 2 N–H and O–H groups in total. The highest BCUT2D eigenvalue weighted by Crippen LogP contribution is 2.27. The van der Waals surface area contributed by atoms with Gasteiger partial charge in [-0.15, -0.1) is 11.3 Å². The minimum atomic E-state index is -0.247. The molecule has 0 aliphatic carbocycles. The second-order valence-corrected chi connectivity index (χ2v) is 6.57. The molecule has 2 aromatic heterocycles. The number of hydrogen-bond acceptors (Lipinski definition) is 4. The Kier molecular flexibility index (Phi) is 5.63. The number of urea groups is 1. The molecule has 0 fully saturated rings. The summed E-state index contributed by atoms with van der Waals surface area (Å²) in [5.41, 5.74) is 0.875. The van der Waals surface area contributed by atoms with Crippen molar-refractivity contribution in [1.29, 1.82) is 0 Å². The number of rotatable bonds is 5. The Morgan fingerprint density at radius 3 is 2.64 bits per heavy atom. The van der Waals surface area contributed by atoms with Crippen molar-refractivity contribution in [3.8, 4) is 5.75 Å². The normalized spacial score (nSPS) is 13.3. The average Bonchev–Trinajstić information content (AvgIpc) is 2.93. The van der Waals surface area contributed by atoms with Gasteiger partial charge in [-0.2, -0.15) is 0 Å². The summed E-state index contributed by atoms with van der Waals surface area (Å²) in [6.07, 6.45) is 3.30. The minimum Gasteiger partial charge on any atom is -0.495 e. The van der Waals surface area contributed by atoms with E-state index >= 15 is 0 Å². The molecule has 0 unspecified atom stereocenters. The van der Waals surface area contributed by atoms with Crippen LogP contribution in [0.5, 0.6) is 5.75 Å². The van der Waals surface area contributed by atoms with Gasteiger partial charge in [0.2, 0.25) is 0 Å². The summed E-state index contributed by atoms with van der Waals surface area (Å²) in [5.74, 6) is 0.647. The fourth-order valence-corrected chi connectivity index (χ4v) is 3.13. The molecule has 2 atom stereocenters. The smallest absolute Gasteiger partial charge is 0.315 e. The standard InChI is InChI=1S/C15H18ClN3O2S/c1-9(11-6-7-17-8-12(11)21-3)18-15(20)19-10(2)13-4-5-14(16)22-13/h4-10H,1-3H3,(H2,18,19,20)/t9-,10-/m0/s1. The van der Waals surface area contributed by atoms with Crippen LogP contribution in [0.1, 0.15) is 36.4 Å². The Labute approximate surface area is 138 Å². The number of aromatic nitrogens is 1. The molecule has 2 rings (SSSR count). The zero-order valence-corrected chi connectivity index (χ0v) is 14.2. The van der Waals surface area contributed by atoms with Gasteiger partial charge in [0.05, 0.1) is 29.7 Å². The molecule has 0 saturated carbocycles. The molecule has 0 spiro atoms. The molecule has 2 heterocycles. The van der Waals surface area contributed by atoms with E-state index in [-0.39, 0.29) is 18.1 Å². The maximum absolute atomic E-state index is 12.1. The van der Waals surface area contributed by atoms with Crippen molar-refractivity contribution in [2.75, 3.05) is 7.11 Å². The highest BCUT2D eigenvalue weighted by molar-refractivity contribution is 7.16. The zero-order chi connectivity index (χ0) is 16.1.